The Labute approximate surface area is 207 Å². The monoisotopic (exact) mass is 501 g/mol. The standard InChI is InChI=1S/C24H25Cl2N5OS/c1-16-10-12-17(13-11-16)23-29-30-24(31(23)19-7-3-2-4-8-19)33-15-21(32)28-27-14-18-6-5-9-20(25)22(18)26/h5-6,9-14,19H,2-4,7-8,15H2,1H3,(H,28,32). The van der Waals surface area contributed by atoms with E-state index in [9.17, 15) is 4.79 Å². The molecule has 1 saturated carbocycles. The third-order valence-corrected chi connectivity index (χ3v) is 7.40. The number of amides is 1. The predicted molar refractivity (Wildman–Crippen MR) is 135 cm³/mol. The van der Waals surface area contributed by atoms with E-state index in [1.807, 2.05) is 0 Å². The topological polar surface area (TPSA) is 72.2 Å². The highest BCUT2D eigenvalue weighted by Crippen LogP contribution is 2.35. The van der Waals surface area contributed by atoms with Gasteiger partial charge in [0.05, 0.1) is 22.0 Å². The lowest BCUT2D eigenvalue weighted by Gasteiger charge is -2.25. The van der Waals surface area contributed by atoms with Gasteiger partial charge in [-0.05, 0) is 25.8 Å². The first-order chi connectivity index (χ1) is 16.0. The second kappa shape index (κ2) is 11.2. The Kier molecular flexibility index (Phi) is 8.06. The van der Waals surface area contributed by atoms with E-state index in [1.54, 1.807) is 18.2 Å². The first kappa shape index (κ1) is 23.8. The molecule has 0 aliphatic heterocycles. The average Bonchev–Trinajstić information content (AvgIpc) is 3.25. The number of carbonyl (C=O) groups is 1. The zero-order valence-electron chi connectivity index (χ0n) is 18.3. The Morgan fingerprint density at radius 2 is 1.91 bits per heavy atom. The van der Waals surface area contributed by atoms with Crippen LogP contribution in [0.3, 0.4) is 0 Å². The summed E-state index contributed by atoms with van der Waals surface area (Å²) in [6.07, 6.45) is 7.33. The van der Waals surface area contributed by atoms with Gasteiger partial charge in [-0.2, -0.15) is 5.10 Å². The van der Waals surface area contributed by atoms with Crippen molar-refractivity contribution in [2.75, 3.05) is 5.75 Å². The van der Waals surface area contributed by atoms with E-state index in [4.69, 9.17) is 23.2 Å². The molecule has 0 unspecified atom stereocenters. The number of benzene rings is 2. The van der Waals surface area contributed by atoms with Crippen LogP contribution in [0.15, 0.2) is 52.7 Å². The van der Waals surface area contributed by atoms with Gasteiger partial charge in [0.1, 0.15) is 0 Å². The largest absolute Gasteiger partial charge is 0.299 e. The molecule has 4 rings (SSSR count). The average molecular weight is 502 g/mol. The molecule has 172 valence electrons. The Morgan fingerprint density at radius 1 is 1.15 bits per heavy atom. The summed E-state index contributed by atoms with van der Waals surface area (Å²) in [5, 5.41) is 14.5. The van der Waals surface area contributed by atoms with Gasteiger partial charge >= 0.3 is 0 Å². The summed E-state index contributed by atoms with van der Waals surface area (Å²) < 4.78 is 2.22. The molecule has 33 heavy (non-hydrogen) atoms. The van der Waals surface area contributed by atoms with Crippen LogP contribution in [0.5, 0.6) is 0 Å². The van der Waals surface area contributed by atoms with Crippen LogP contribution in [0.1, 0.15) is 49.3 Å². The van der Waals surface area contributed by atoms with Crippen LogP contribution in [0, 0.1) is 6.92 Å². The fourth-order valence-corrected chi connectivity index (χ4v) is 5.05. The van der Waals surface area contributed by atoms with Gasteiger partial charge in [-0.15, -0.1) is 10.2 Å². The number of hydrogen-bond acceptors (Lipinski definition) is 5. The summed E-state index contributed by atoms with van der Waals surface area (Å²) in [7, 11) is 0. The van der Waals surface area contributed by atoms with Gasteiger partial charge in [-0.3, -0.25) is 9.36 Å². The highest BCUT2D eigenvalue weighted by molar-refractivity contribution is 7.99. The molecular formula is C24H25Cl2N5OS. The van der Waals surface area contributed by atoms with Gasteiger partial charge in [0.2, 0.25) is 0 Å². The van der Waals surface area contributed by atoms with E-state index in [-0.39, 0.29) is 11.7 Å². The summed E-state index contributed by atoms with van der Waals surface area (Å²) >= 11 is 13.5. The summed E-state index contributed by atoms with van der Waals surface area (Å²) in [6.45, 7) is 2.07. The van der Waals surface area contributed by atoms with Crippen molar-refractivity contribution in [1.29, 1.82) is 0 Å². The van der Waals surface area contributed by atoms with E-state index < -0.39 is 0 Å². The maximum atomic E-state index is 12.4. The first-order valence-corrected chi connectivity index (χ1v) is 12.7. The normalized spacial score (nSPS) is 14.6. The van der Waals surface area contributed by atoms with E-state index in [2.05, 4.69) is 56.5 Å². The van der Waals surface area contributed by atoms with Crippen molar-refractivity contribution < 1.29 is 4.79 Å². The molecule has 1 heterocycles. The van der Waals surface area contributed by atoms with Gasteiger partial charge in [-0.25, -0.2) is 5.43 Å². The molecule has 0 atom stereocenters. The molecule has 2 aromatic carbocycles. The lowest BCUT2D eigenvalue weighted by molar-refractivity contribution is -0.118. The molecule has 0 bridgehead atoms. The molecule has 6 nitrogen and oxygen atoms in total. The number of hydrazone groups is 1. The van der Waals surface area contributed by atoms with Gasteiger partial charge < -0.3 is 0 Å². The van der Waals surface area contributed by atoms with Crippen molar-refractivity contribution in [3.63, 3.8) is 0 Å². The second-order valence-electron chi connectivity index (χ2n) is 8.06. The molecule has 0 radical (unpaired) electrons. The Morgan fingerprint density at radius 3 is 2.67 bits per heavy atom. The Hall–Kier alpha value is -2.35. The van der Waals surface area contributed by atoms with Crippen molar-refractivity contribution in [1.82, 2.24) is 20.2 Å². The van der Waals surface area contributed by atoms with Crippen LogP contribution in [-0.2, 0) is 4.79 Å². The van der Waals surface area contributed by atoms with E-state index >= 15 is 0 Å². The lowest BCUT2D eigenvalue weighted by atomic mass is 9.95. The number of rotatable bonds is 7. The van der Waals surface area contributed by atoms with Gasteiger partial charge in [0.25, 0.3) is 5.91 Å². The van der Waals surface area contributed by atoms with E-state index in [1.165, 1.54) is 42.8 Å². The van der Waals surface area contributed by atoms with Crippen molar-refractivity contribution in [3.8, 4) is 11.4 Å². The van der Waals surface area contributed by atoms with Crippen molar-refractivity contribution in [2.45, 2.75) is 50.2 Å². The molecule has 1 fully saturated rings. The molecule has 0 saturated heterocycles. The minimum atomic E-state index is -0.232. The van der Waals surface area contributed by atoms with Gasteiger partial charge in [0.15, 0.2) is 11.0 Å². The maximum absolute atomic E-state index is 12.4. The number of aryl methyl sites for hydroxylation is 1. The Balaban J connectivity index is 1.46. The van der Waals surface area contributed by atoms with Gasteiger partial charge in [-0.1, -0.05) is 96.2 Å². The van der Waals surface area contributed by atoms with Crippen molar-refractivity contribution >= 4 is 47.1 Å². The van der Waals surface area contributed by atoms with Crippen molar-refractivity contribution in [2.24, 2.45) is 5.10 Å². The van der Waals surface area contributed by atoms with E-state index in [0.717, 1.165) is 29.4 Å². The molecule has 1 aliphatic carbocycles. The van der Waals surface area contributed by atoms with Crippen LogP contribution in [0.2, 0.25) is 10.0 Å². The number of aromatic nitrogens is 3. The van der Waals surface area contributed by atoms with E-state index in [0.29, 0.717) is 21.7 Å². The minimum Gasteiger partial charge on any atom is -0.299 e. The van der Waals surface area contributed by atoms with Gasteiger partial charge in [0, 0.05) is 17.2 Å². The number of nitrogens with zero attached hydrogens (tertiary/aromatic N) is 4. The van der Waals surface area contributed by atoms with Crippen LogP contribution >= 0.6 is 35.0 Å². The van der Waals surface area contributed by atoms with Crippen LogP contribution in [-0.4, -0.2) is 32.6 Å². The highest BCUT2D eigenvalue weighted by atomic mass is 35.5. The third-order valence-electron chi connectivity index (χ3n) is 5.62. The summed E-state index contributed by atoms with van der Waals surface area (Å²) in [4.78, 5) is 12.4. The summed E-state index contributed by atoms with van der Waals surface area (Å²) in [5.74, 6) is 0.808. The SMILES string of the molecule is Cc1ccc(-c2nnc(SCC(=O)NN=Cc3cccc(Cl)c3Cl)n2C2CCCCC2)cc1. The number of carbonyl (C=O) groups excluding carboxylic acids is 1. The van der Waals surface area contributed by atoms with Crippen molar-refractivity contribution in [3.05, 3.63) is 63.6 Å². The molecular weight excluding hydrogens is 477 g/mol. The molecule has 3 aromatic rings. The smallest absolute Gasteiger partial charge is 0.250 e. The molecule has 1 aromatic heterocycles. The molecule has 9 heteroatoms. The third kappa shape index (κ3) is 5.96. The fourth-order valence-electron chi connectivity index (χ4n) is 3.90. The maximum Gasteiger partial charge on any atom is 0.250 e. The first-order valence-electron chi connectivity index (χ1n) is 10.9. The molecule has 1 amide bonds. The number of hydrogen-bond donors (Lipinski definition) is 1. The van der Waals surface area contributed by atoms with Crippen LogP contribution < -0.4 is 5.43 Å². The second-order valence-corrected chi connectivity index (χ2v) is 9.79. The highest BCUT2D eigenvalue weighted by Gasteiger charge is 2.24. The Bertz CT molecular complexity index is 1140. The molecule has 0 spiro atoms. The summed E-state index contributed by atoms with van der Waals surface area (Å²) in [6, 6.07) is 13.9. The zero-order chi connectivity index (χ0) is 23.2. The number of halogens is 2. The fraction of sp³-hybridized carbons (Fsp3) is 0.333. The quantitative estimate of drug-likeness (QED) is 0.234. The number of thioether (sulfide) groups is 1. The van der Waals surface area contributed by atoms with Crippen LogP contribution in [0.25, 0.3) is 11.4 Å². The minimum absolute atomic E-state index is 0.180. The van der Waals surface area contributed by atoms with Crippen LogP contribution in [0.4, 0.5) is 0 Å². The summed E-state index contributed by atoms with van der Waals surface area (Å²) in [5.41, 5.74) is 5.42. The number of nitrogens with one attached hydrogen (secondary N) is 1. The predicted octanol–water partition coefficient (Wildman–Crippen LogP) is 6.31. The molecule has 1 aliphatic rings. The zero-order valence-corrected chi connectivity index (χ0v) is 20.6. The molecule has 1 N–H and O–H groups in total. The lowest BCUT2D eigenvalue weighted by Crippen LogP contribution is -2.20.